The Bertz CT molecular complexity index is 609. The second-order valence-electron chi connectivity index (χ2n) is 4.54. The first kappa shape index (κ1) is 14.2. The Morgan fingerprint density at radius 3 is 2.84 bits per heavy atom. The van der Waals surface area contributed by atoms with Crippen molar-refractivity contribution in [1.82, 2.24) is 4.90 Å². The minimum atomic E-state index is -0.0248. The van der Waals surface area contributed by atoms with Crippen LogP contribution >= 0.6 is 22.9 Å². The van der Waals surface area contributed by atoms with Gasteiger partial charge in [0.2, 0.25) is 0 Å². The second-order valence-corrected chi connectivity index (χ2v) is 6.00. The van der Waals surface area contributed by atoms with Crippen molar-refractivity contribution < 1.29 is 4.79 Å². The van der Waals surface area contributed by atoms with Gasteiger partial charge in [0.15, 0.2) is 0 Å². The van der Waals surface area contributed by atoms with Gasteiger partial charge in [-0.05, 0) is 18.6 Å². The zero-order valence-corrected chi connectivity index (χ0v) is 12.6. The number of benzene rings is 1. The van der Waals surface area contributed by atoms with Gasteiger partial charge in [0.25, 0.3) is 5.91 Å². The molecule has 0 fully saturated rings. The average Bonchev–Trinajstić information content (AvgIpc) is 2.73. The molecular weight excluding hydrogens is 280 g/mol. The number of hydrogen-bond donors (Lipinski definition) is 1. The third kappa shape index (κ3) is 2.69. The van der Waals surface area contributed by atoms with E-state index in [2.05, 4.69) is 6.92 Å². The van der Waals surface area contributed by atoms with E-state index in [1.54, 1.807) is 11.0 Å². The summed E-state index contributed by atoms with van der Waals surface area (Å²) in [7, 11) is 1.81. The number of carbonyl (C=O) groups excluding carboxylic acids is 1. The van der Waals surface area contributed by atoms with Gasteiger partial charge in [-0.3, -0.25) is 4.79 Å². The van der Waals surface area contributed by atoms with Crippen molar-refractivity contribution in [2.45, 2.75) is 19.8 Å². The van der Waals surface area contributed by atoms with E-state index in [1.165, 1.54) is 11.3 Å². The standard InChI is InChI=1S/C14H17ClN2OS/c1-3-4-8-17(2)14(18)13-12(16)11-9(15)6-5-7-10(11)19-13/h5-7H,3-4,8,16H2,1-2H3. The molecule has 0 aliphatic carbocycles. The highest BCUT2D eigenvalue weighted by atomic mass is 35.5. The molecule has 1 amide bonds. The third-order valence-electron chi connectivity index (χ3n) is 3.09. The lowest BCUT2D eigenvalue weighted by Gasteiger charge is -2.15. The molecule has 2 aromatic rings. The van der Waals surface area contributed by atoms with Gasteiger partial charge in [0, 0.05) is 23.7 Å². The average molecular weight is 297 g/mol. The number of carbonyl (C=O) groups is 1. The molecular formula is C14H17ClN2OS. The molecule has 2 rings (SSSR count). The Morgan fingerprint density at radius 1 is 1.47 bits per heavy atom. The topological polar surface area (TPSA) is 46.3 Å². The van der Waals surface area contributed by atoms with E-state index in [4.69, 9.17) is 17.3 Å². The summed E-state index contributed by atoms with van der Waals surface area (Å²) in [6.07, 6.45) is 2.05. The Hall–Kier alpha value is -1.26. The monoisotopic (exact) mass is 296 g/mol. The molecule has 3 nitrogen and oxygen atoms in total. The molecule has 0 aliphatic rings. The molecule has 0 saturated carbocycles. The van der Waals surface area contributed by atoms with Crippen molar-refractivity contribution in [2.75, 3.05) is 19.3 Å². The van der Waals surface area contributed by atoms with E-state index in [0.717, 1.165) is 29.5 Å². The highest BCUT2D eigenvalue weighted by Gasteiger charge is 2.20. The van der Waals surface area contributed by atoms with Crippen molar-refractivity contribution in [3.05, 3.63) is 28.1 Å². The van der Waals surface area contributed by atoms with Crippen LogP contribution in [0.25, 0.3) is 10.1 Å². The first-order chi connectivity index (χ1) is 9.06. The fraction of sp³-hybridized carbons (Fsp3) is 0.357. The number of rotatable bonds is 4. The number of amides is 1. The fourth-order valence-electron chi connectivity index (χ4n) is 1.96. The number of unbranched alkanes of at least 4 members (excludes halogenated alkanes) is 1. The van der Waals surface area contributed by atoms with Gasteiger partial charge in [-0.25, -0.2) is 0 Å². The van der Waals surface area contributed by atoms with E-state index >= 15 is 0 Å². The number of nitrogens with zero attached hydrogens (tertiary/aromatic N) is 1. The van der Waals surface area contributed by atoms with Gasteiger partial charge >= 0.3 is 0 Å². The number of nitrogens with two attached hydrogens (primary N) is 1. The van der Waals surface area contributed by atoms with E-state index in [9.17, 15) is 4.79 Å². The summed E-state index contributed by atoms with van der Waals surface area (Å²) in [4.78, 5) is 14.7. The van der Waals surface area contributed by atoms with E-state index < -0.39 is 0 Å². The quantitative estimate of drug-likeness (QED) is 0.926. The van der Waals surface area contributed by atoms with Crippen molar-refractivity contribution in [1.29, 1.82) is 0 Å². The Kier molecular flexibility index (Phi) is 4.32. The first-order valence-electron chi connectivity index (χ1n) is 6.28. The minimum absolute atomic E-state index is 0.0248. The van der Waals surface area contributed by atoms with Crippen LogP contribution in [-0.4, -0.2) is 24.4 Å². The summed E-state index contributed by atoms with van der Waals surface area (Å²) in [6, 6.07) is 5.60. The van der Waals surface area contributed by atoms with Gasteiger partial charge in [-0.2, -0.15) is 0 Å². The second kappa shape index (κ2) is 5.80. The Labute approximate surface area is 122 Å². The molecule has 0 aliphatic heterocycles. The van der Waals surface area contributed by atoms with Crippen LogP contribution in [0.4, 0.5) is 5.69 Å². The fourth-order valence-corrected chi connectivity index (χ4v) is 3.43. The van der Waals surface area contributed by atoms with Crippen molar-refractivity contribution in [2.24, 2.45) is 0 Å². The zero-order chi connectivity index (χ0) is 14.0. The van der Waals surface area contributed by atoms with Crippen LogP contribution in [0.1, 0.15) is 29.4 Å². The highest BCUT2D eigenvalue weighted by molar-refractivity contribution is 7.21. The molecule has 0 atom stereocenters. The number of nitrogen functional groups attached to an aromatic ring is 1. The lowest BCUT2D eigenvalue weighted by molar-refractivity contribution is 0.0799. The van der Waals surface area contributed by atoms with E-state index in [0.29, 0.717) is 15.6 Å². The van der Waals surface area contributed by atoms with Gasteiger partial charge in [-0.1, -0.05) is 31.0 Å². The summed E-state index contributed by atoms with van der Waals surface area (Å²) in [5.41, 5.74) is 6.58. The maximum absolute atomic E-state index is 12.4. The van der Waals surface area contributed by atoms with Crippen molar-refractivity contribution >= 4 is 44.6 Å². The van der Waals surface area contributed by atoms with Crippen LogP contribution in [0.15, 0.2) is 18.2 Å². The van der Waals surface area contributed by atoms with Crippen LogP contribution in [0.3, 0.4) is 0 Å². The molecule has 0 unspecified atom stereocenters. The van der Waals surface area contributed by atoms with Gasteiger partial charge in [0.1, 0.15) is 4.88 Å². The van der Waals surface area contributed by atoms with Crippen LogP contribution in [0, 0.1) is 0 Å². The van der Waals surface area contributed by atoms with Crippen LogP contribution in [-0.2, 0) is 0 Å². The predicted molar refractivity (Wildman–Crippen MR) is 83.1 cm³/mol. The summed E-state index contributed by atoms with van der Waals surface area (Å²) in [5, 5.41) is 1.39. The maximum Gasteiger partial charge on any atom is 0.265 e. The van der Waals surface area contributed by atoms with Gasteiger partial charge < -0.3 is 10.6 Å². The minimum Gasteiger partial charge on any atom is -0.397 e. The first-order valence-corrected chi connectivity index (χ1v) is 7.47. The molecule has 19 heavy (non-hydrogen) atoms. The lowest BCUT2D eigenvalue weighted by Crippen LogP contribution is -2.27. The number of halogens is 1. The smallest absolute Gasteiger partial charge is 0.265 e. The van der Waals surface area contributed by atoms with Gasteiger partial charge in [-0.15, -0.1) is 11.3 Å². The lowest BCUT2D eigenvalue weighted by atomic mass is 10.2. The van der Waals surface area contributed by atoms with Crippen LogP contribution in [0.5, 0.6) is 0 Å². The van der Waals surface area contributed by atoms with Gasteiger partial charge in [0.05, 0.1) is 10.7 Å². The number of fused-ring (bicyclic) bond motifs is 1. The largest absolute Gasteiger partial charge is 0.397 e. The normalized spacial score (nSPS) is 10.9. The predicted octanol–water partition coefficient (Wildman–Crippen LogP) is 4.01. The molecule has 0 bridgehead atoms. The number of hydrogen-bond acceptors (Lipinski definition) is 3. The SMILES string of the molecule is CCCCN(C)C(=O)c1sc2cccc(Cl)c2c1N. The zero-order valence-electron chi connectivity index (χ0n) is 11.1. The summed E-state index contributed by atoms with van der Waals surface area (Å²) in [6.45, 7) is 2.85. The molecule has 0 radical (unpaired) electrons. The molecule has 0 spiro atoms. The van der Waals surface area contributed by atoms with Crippen LogP contribution in [0.2, 0.25) is 5.02 Å². The van der Waals surface area contributed by atoms with Crippen LogP contribution < -0.4 is 5.73 Å². The highest BCUT2D eigenvalue weighted by Crippen LogP contribution is 2.38. The van der Waals surface area contributed by atoms with Crippen molar-refractivity contribution in [3.8, 4) is 0 Å². The molecule has 5 heteroatoms. The van der Waals surface area contributed by atoms with E-state index in [-0.39, 0.29) is 5.91 Å². The number of thiophene rings is 1. The maximum atomic E-state index is 12.4. The molecule has 1 aromatic heterocycles. The molecule has 102 valence electrons. The van der Waals surface area contributed by atoms with E-state index in [1.807, 2.05) is 19.2 Å². The molecule has 0 saturated heterocycles. The Morgan fingerprint density at radius 2 is 2.21 bits per heavy atom. The Balaban J connectivity index is 2.38. The number of anilines is 1. The summed E-state index contributed by atoms with van der Waals surface area (Å²) in [5.74, 6) is -0.0248. The molecule has 2 N–H and O–H groups in total. The third-order valence-corrected chi connectivity index (χ3v) is 4.56. The van der Waals surface area contributed by atoms with Crippen molar-refractivity contribution in [3.63, 3.8) is 0 Å². The summed E-state index contributed by atoms with van der Waals surface area (Å²) < 4.78 is 0.956. The summed E-state index contributed by atoms with van der Waals surface area (Å²) >= 11 is 7.55. The molecule has 1 heterocycles. The molecule has 1 aromatic carbocycles.